The Kier molecular flexibility index (Phi) is 5.21. The summed E-state index contributed by atoms with van der Waals surface area (Å²) in [4.78, 5) is 2.05. The Labute approximate surface area is 130 Å². The molecule has 0 saturated heterocycles. The molecular formula is C17H20ClFN2. The van der Waals surface area contributed by atoms with Crippen LogP contribution in [0.4, 0.5) is 10.1 Å². The van der Waals surface area contributed by atoms with E-state index in [4.69, 9.17) is 11.6 Å². The van der Waals surface area contributed by atoms with Crippen LogP contribution in [0, 0.1) is 5.82 Å². The summed E-state index contributed by atoms with van der Waals surface area (Å²) in [6.07, 6.45) is 0.555. The monoisotopic (exact) mass is 306 g/mol. The number of hydrogen-bond donors (Lipinski definition) is 1. The van der Waals surface area contributed by atoms with Gasteiger partial charge in [0.25, 0.3) is 0 Å². The molecule has 0 saturated carbocycles. The molecule has 21 heavy (non-hydrogen) atoms. The average Bonchev–Trinajstić information content (AvgIpc) is 2.49. The third-order valence-electron chi connectivity index (χ3n) is 3.59. The van der Waals surface area contributed by atoms with Crippen molar-refractivity contribution in [2.45, 2.75) is 12.5 Å². The van der Waals surface area contributed by atoms with Gasteiger partial charge in [-0.25, -0.2) is 4.39 Å². The lowest BCUT2D eigenvalue weighted by atomic mass is 9.98. The highest BCUT2D eigenvalue weighted by atomic mass is 35.5. The van der Waals surface area contributed by atoms with Crippen molar-refractivity contribution in [3.63, 3.8) is 0 Å². The number of likely N-dealkylation sites (N-methyl/N-ethyl adjacent to an activating group) is 1. The van der Waals surface area contributed by atoms with Crippen molar-refractivity contribution in [3.8, 4) is 0 Å². The normalized spacial score (nSPS) is 12.2. The van der Waals surface area contributed by atoms with Crippen molar-refractivity contribution in [2.24, 2.45) is 0 Å². The Morgan fingerprint density at radius 3 is 2.57 bits per heavy atom. The van der Waals surface area contributed by atoms with Gasteiger partial charge in [-0.1, -0.05) is 35.9 Å². The Bertz CT molecular complexity index is 613. The van der Waals surface area contributed by atoms with E-state index in [0.29, 0.717) is 12.0 Å². The van der Waals surface area contributed by atoms with E-state index >= 15 is 0 Å². The molecule has 2 aromatic carbocycles. The summed E-state index contributed by atoms with van der Waals surface area (Å²) < 4.78 is 14.1. The van der Waals surface area contributed by atoms with Gasteiger partial charge in [0.15, 0.2) is 0 Å². The van der Waals surface area contributed by atoms with Crippen LogP contribution in [0.2, 0.25) is 5.02 Å². The standard InChI is InChI=1S/C17H20ClFN2/c1-20-16(11-13-7-5-9-15(18)17(13)19)12-6-4-8-14(10-12)21(2)3/h4-10,16,20H,11H2,1-3H3. The van der Waals surface area contributed by atoms with Crippen molar-refractivity contribution in [2.75, 3.05) is 26.0 Å². The molecule has 1 N–H and O–H groups in total. The average molecular weight is 307 g/mol. The fourth-order valence-corrected chi connectivity index (χ4v) is 2.53. The van der Waals surface area contributed by atoms with E-state index in [2.05, 4.69) is 28.4 Å². The molecule has 4 heteroatoms. The van der Waals surface area contributed by atoms with Crippen LogP contribution in [0.15, 0.2) is 42.5 Å². The van der Waals surface area contributed by atoms with Crippen LogP contribution >= 0.6 is 11.6 Å². The van der Waals surface area contributed by atoms with Gasteiger partial charge in [-0.3, -0.25) is 0 Å². The summed E-state index contributed by atoms with van der Waals surface area (Å²) >= 11 is 5.85. The Balaban J connectivity index is 2.28. The second-order valence-electron chi connectivity index (χ2n) is 5.25. The van der Waals surface area contributed by atoms with Crippen LogP contribution in [0.5, 0.6) is 0 Å². The predicted molar refractivity (Wildman–Crippen MR) is 87.7 cm³/mol. The highest BCUT2D eigenvalue weighted by Gasteiger charge is 2.15. The molecule has 0 aromatic heterocycles. The molecule has 2 nitrogen and oxygen atoms in total. The first kappa shape index (κ1) is 15.8. The van der Waals surface area contributed by atoms with E-state index in [9.17, 15) is 4.39 Å². The first-order valence-corrected chi connectivity index (χ1v) is 7.28. The van der Waals surface area contributed by atoms with Crippen molar-refractivity contribution < 1.29 is 4.39 Å². The van der Waals surface area contributed by atoms with Crippen molar-refractivity contribution in [1.82, 2.24) is 5.32 Å². The molecule has 0 spiro atoms. The summed E-state index contributed by atoms with van der Waals surface area (Å²) in [6.45, 7) is 0. The molecule has 0 amide bonds. The first-order valence-electron chi connectivity index (χ1n) is 6.90. The summed E-state index contributed by atoms with van der Waals surface area (Å²) in [5.74, 6) is -0.330. The smallest absolute Gasteiger partial charge is 0.145 e. The molecule has 0 aliphatic carbocycles. The van der Waals surface area contributed by atoms with E-state index in [1.54, 1.807) is 18.2 Å². The van der Waals surface area contributed by atoms with E-state index in [-0.39, 0.29) is 16.9 Å². The quantitative estimate of drug-likeness (QED) is 0.896. The summed E-state index contributed by atoms with van der Waals surface area (Å²) in [7, 11) is 5.89. The summed E-state index contributed by atoms with van der Waals surface area (Å²) in [5, 5.41) is 3.42. The largest absolute Gasteiger partial charge is 0.378 e. The second-order valence-corrected chi connectivity index (χ2v) is 5.65. The molecule has 0 aliphatic rings. The molecule has 112 valence electrons. The van der Waals surface area contributed by atoms with Gasteiger partial charge in [-0.05, 0) is 42.8 Å². The zero-order chi connectivity index (χ0) is 15.4. The Morgan fingerprint density at radius 2 is 1.90 bits per heavy atom. The molecule has 2 aromatic rings. The zero-order valence-corrected chi connectivity index (χ0v) is 13.3. The molecule has 1 unspecified atom stereocenters. The van der Waals surface area contributed by atoms with Gasteiger partial charge in [0.05, 0.1) is 5.02 Å². The number of anilines is 1. The molecule has 0 aliphatic heterocycles. The van der Waals surface area contributed by atoms with E-state index in [0.717, 1.165) is 11.3 Å². The minimum absolute atomic E-state index is 0.0397. The van der Waals surface area contributed by atoms with E-state index in [1.807, 2.05) is 27.2 Å². The van der Waals surface area contributed by atoms with E-state index < -0.39 is 0 Å². The van der Waals surface area contributed by atoms with Crippen molar-refractivity contribution in [3.05, 3.63) is 64.4 Å². The fraction of sp³-hybridized carbons (Fsp3) is 0.294. The third-order valence-corrected chi connectivity index (χ3v) is 3.88. The first-order chi connectivity index (χ1) is 10.0. The number of benzene rings is 2. The zero-order valence-electron chi connectivity index (χ0n) is 12.5. The van der Waals surface area contributed by atoms with Gasteiger partial charge in [0.2, 0.25) is 0 Å². The highest BCUT2D eigenvalue weighted by molar-refractivity contribution is 6.30. The summed E-state index contributed by atoms with van der Waals surface area (Å²) in [6, 6.07) is 13.4. The molecular weight excluding hydrogens is 287 g/mol. The molecule has 0 radical (unpaired) electrons. The van der Waals surface area contributed by atoms with Crippen molar-refractivity contribution >= 4 is 17.3 Å². The maximum atomic E-state index is 14.1. The molecule has 0 bridgehead atoms. The highest BCUT2D eigenvalue weighted by Crippen LogP contribution is 2.25. The summed E-state index contributed by atoms with van der Waals surface area (Å²) in [5.41, 5.74) is 2.87. The fourth-order valence-electron chi connectivity index (χ4n) is 2.33. The van der Waals surface area contributed by atoms with Crippen LogP contribution < -0.4 is 10.2 Å². The molecule has 1 atom stereocenters. The van der Waals surface area contributed by atoms with Crippen LogP contribution in [0.1, 0.15) is 17.2 Å². The molecule has 2 rings (SSSR count). The van der Waals surface area contributed by atoms with Crippen LogP contribution in [-0.2, 0) is 6.42 Å². The van der Waals surface area contributed by atoms with Gasteiger partial charge < -0.3 is 10.2 Å². The van der Waals surface area contributed by atoms with Crippen LogP contribution in [-0.4, -0.2) is 21.1 Å². The Morgan fingerprint density at radius 1 is 1.19 bits per heavy atom. The Hall–Kier alpha value is -1.58. The van der Waals surface area contributed by atoms with Crippen molar-refractivity contribution in [1.29, 1.82) is 0 Å². The second kappa shape index (κ2) is 6.92. The number of nitrogens with one attached hydrogen (secondary N) is 1. The minimum atomic E-state index is -0.330. The van der Waals surface area contributed by atoms with Crippen LogP contribution in [0.3, 0.4) is 0 Å². The predicted octanol–water partition coefficient (Wildman–Crippen LogP) is 4.05. The van der Waals surface area contributed by atoms with Gasteiger partial charge in [-0.2, -0.15) is 0 Å². The SMILES string of the molecule is CNC(Cc1cccc(Cl)c1F)c1cccc(N(C)C)c1. The third kappa shape index (κ3) is 3.74. The van der Waals surface area contributed by atoms with Gasteiger partial charge in [-0.15, -0.1) is 0 Å². The van der Waals surface area contributed by atoms with Crippen LogP contribution in [0.25, 0.3) is 0 Å². The number of rotatable bonds is 5. The maximum Gasteiger partial charge on any atom is 0.145 e. The van der Waals surface area contributed by atoms with E-state index in [1.165, 1.54) is 0 Å². The van der Waals surface area contributed by atoms with Gasteiger partial charge in [0, 0.05) is 25.8 Å². The molecule has 0 heterocycles. The minimum Gasteiger partial charge on any atom is -0.378 e. The number of halogens is 2. The lowest BCUT2D eigenvalue weighted by molar-refractivity contribution is 0.554. The van der Waals surface area contributed by atoms with Gasteiger partial charge >= 0.3 is 0 Å². The molecule has 0 fully saturated rings. The van der Waals surface area contributed by atoms with Gasteiger partial charge in [0.1, 0.15) is 5.82 Å². The maximum absolute atomic E-state index is 14.1. The lowest BCUT2D eigenvalue weighted by Crippen LogP contribution is -2.20. The topological polar surface area (TPSA) is 15.3 Å². The number of nitrogens with zero attached hydrogens (tertiary/aromatic N) is 1. The lowest BCUT2D eigenvalue weighted by Gasteiger charge is -2.20. The number of hydrogen-bond acceptors (Lipinski definition) is 2.